The van der Waals surface area contributed by atoms with Gasteiger partial charge < -0.3 is 14.9 Å². The number of ketones is 1. The van der Waals surface area contributed by atoms with Crippen LogP contribution < -0.4 is 4.74 Å². The Morgan fingerprint density at radius 1 is 1.33 bits per heavy atom. The molecule has 0 aliphatic carbocycles. The molecule has 0 fully saturated rings. The summed E-state index contributed by atoms with van der Waals surface area (Å²) in [7, 11) is 0. The lowest BCUT2D eigenvalue weighted by Crippen LogP contribution is -2.19. The molecule has 5 nitrogen and oxygen atoms in total. The number of aliphatic hydroxyl groups is 1. The number of carboxylic acids is 1. The van der Waals surface area contributed by atoms with E-state index in [9.17, 15) is 27.9 Å². The van der Waals surface area contributed by atoms with Gasteiger partial charge in [0.1, 0.15) is 5.75 Å². The molecule has 0 saturated carbocycles. The van der Waals surface area contributed by atoms with Crippen molar-refractivity contribution in [1.29, 1.82) is 0 Å². The molecule has 0 aromatic heterocycles. The molecule has 0 radical (unpaired) electrons. The van der Waals surface area contributed by atoms with Crippen molar-refractivity contribution < 1.29 is 37.7 Å². The van der Waals surface area contributed by atoms with Gasteiger partial charge in [0.15, 0.2) is 11.9 Å². The van der Waals surface area contributed by atoms with E-state index in [-0.39, 0.29) is 23.4 Å². The highest BCUT2D eigenvalue weighted by Crippen LogP contribution is 2.28. The van der Waals surface area contributed by atoms with E-state index in [1.54, 1.807) is 0 Å². The van der Waals surface area contributed by atoms with E-state index < -0.39 is 30.0 Å². The summed E-state index contributed by atoms with van der Waals surface area (Å²) >= 11 is 5.38. The van der Waals surface area contributed by atoms with Crippen molar-refractivity contribution in [3.63, 3.8) is 0 Å². The van der Waals surface area contributed by atoms with Gasteiger partial charge in [-0.15, -0.1) is 24.8 Å². The fourth-order valence-electron chi connectivity index (χ4n) is 1.57. The molecule has 0 bridgehead atoms. The first-order chi connectivity index (χ1) is 9.65. The van der Waals surface area contributed by atoms with E-state index >= 15 is 0 Å². The van der Waals surface area contributed by atoms with Crippen LogP contribution in [0.1, 0.15) is 28.4 Å². The van der Waals surface area contributed by atoms with Gasteiger partial charge in [-0.05, 0) is 12.1 Å². The van der Waals surface area contributed by atoms with Crippen LogP contribution in [0.3, 0.4) is 0 Å². The Balaban J connectivity index is 3.26. The summed E-state index contributed by atoms with van der Waals surface area (Å²) < 4.78 is 40.1. The van der Waals surface area contributed by atoms with Crippen molar-refractivity contribution in [3.05, 3.63) is 29.3 Å². The van der Waals surface area contributed by atoms with Crippen molar-refractivity contribution in [2.24, 2.45) is 0 Å². The molecule has 1 rings (SSSR count). The van der Waals surface area contributed by atoms with E-state index in [1.807, 2.05) is 0 Å². The monoisotopic (exact) mass is 326 g/mol. The van der Waals surface area contributed by atoms with Crippen LogP contribution in [0.2, 0.25) is 0 Å². The summed E-state index contributed by atoms with van der Waals surface area (Å²) in [6, 6.07) is 2.43. The maximum atomic E-state index is 12.1. The highest BCUT2D eigenvalue weighted by Gasteiger charge is 2.32. The normalized spacial score (nSPS) is 12.8. The minimum atomic E-state index is -4.96. The van der Waals surface area contributed by atoms with Crippen LogP contribution in [0, 0.1) is 0 Å². The second kappa shape index (κ2) is 6.77. The zero-order chi connectivity index (χ0) is 16.2. The van der Waals surface area contributed by atoms with Gasteiger partial charge in [-0.25, -0.2) is 4.79 Å². The molecular formula is C12H10ClF3O5. The molecular weight excluding hydrogens is 317 g/mol. The molecule has 1 aromatic carbocycles. The Kier molecular flexibility index (Phi) is 5.56. The number of hydrogen-bond acceptors (Lipinski definition) is 4. The van der Waals surface area contributed by atoms with Crippen LogP contribution in [-0.4, -0.2) is 34.2 Å². The minimum Gasteiger partial charge on any atom is -0.479 e. The SMILES string of the molecule is O=C(CCCl)c1cc(OC(F)(F)F)ccc1C(O)C(=O)O. The molecule has 0 saturated heterocycles. The minimum absolute atomic E-state index is 0.105. The third-order valence-corrected chi connectivity index (χ3v) is 2.60. The number of halogens is 4. The largest absolute Gasteiger partial charge is 0.573 e. The second-order valence-corrected chi connectivity index (χ2v) is 4.28. The summed E-state index contributed by atoms with van der Waals surface area (Å²) in [5.74, 6) is -3.14. The van der Waals surface area contributed by atoms with Gasteiger partial charge in [0.05, 0.1) is 0 Å². The molecule has 0 spiro atoms. The first-order valence-corrected chi connectivity index (χ1v) is 6.09. The van der Waals surface area contributed by atoms with Gasteiger partial charge in [-0.2, -0.15) is 0 Å². The number of ether oxygens (including phenoxy) is 1. The third kappa shape index (κ3) is 4.91. The van der Waals surface area contributed by atoms with Crippen LogP contribution >= 0.6 is 11.6 Å². The number of rotatable bonds is 6. The predicted molar refractivity (Wildman–Crippen MR) is 65.4 cm³/mol. The van der Waals surface area contributed by atoms with Crippen molar-refractivity contribution in [3.8, 4) is 5.75 Å². The molecule has 0 aliphatic rings. The van der Waals surface area contributed by atoms with Gasteiger partial charge in [0, 0.05) is 23.4 Å². The number of benzene rings is 1. The molecule has 9 heteroatoms. The van der Waals surface area contributed by atoms with E-state index in [4.69, 9.17) is 16.7 Å². The molecule has 1 atom stereocenters. The van der Waals surface area contributed by atoms with Crippen LogP contribution in [0.25, 0.3) is 0 Å². The molecule has 0 heterocycles. The number of carbonyl (C=O) groups excluding carboxylic acids is 1. The van der Waals surface area contributed by atoms with Crippen LogP contribution in [0.15, 0.2) is 18.2 Å². The molecule has 1 aromatic rings. The van der Waals surface area contributed by atoms with Crippen molar-refractivity contribution in [2.45, 2.75) is 18.9 Å². The fourth-order valence-corrected chi connectivity index (χ4v) is 1.74. The smallest absolute Gasteiger partial charge is 0.479 e. The van der Waals surface area contributed by atoms with Crippen LogP contribution in [0.4, 0.5) is 13.2 Å². The number of carbonyl (C=O) groups is 2. The highest BCUT2D eigenvalue weighted by atomic mass is 35.5. The van der Waals surface area contributed by atoms with E-state index in [0.717, 1.165) is 18.2 Å². The lowest BCUT2D eigenvalue weighted by molar-refractivity contribution is -0.274. The number of carboxylic acid groups (broad SMARTS) is 1. The molecule has 1 unspecified atom stereocenters. The summed E-state index contributed by atoms with van der Waals surface area (Å²) in [5.41, 5.74) is -0.709. The zero-order valence-electron chi connectivity index (χ0n) is 10.4. The summed E-state index contributed by atoms with van der Waals surface area (Å²) in [6.07, 6.45) is -7.23. The zero-order valence-corrected chi connectivity index (χ0v) is 11.1. The van der Waals surface area contributed by atoms with Gasteiger partial charge >= 0.3 is 12.3 Å². The molecule has 2 N–H and O–H groups in total. The standard InChI is InChI=1S/C12H10ClF3O5/c13-4-3-9(17)8-5-6(21-12(14,15)16)1-2-7(8)10(18)11(19)20/h1-2,5,10,18H,3-4H2,(H,19,20). The molecule has 21 heavy (non-hydrogen) atoms. The van der Waals surface area contributed by atoms with E-state index in [1.165, 1.54) is 0 Å². The quantitative estimate of drug-likeness (QED) is 0.620. The number of aliphatic hydroxyl groups excluding tert-OH is 1. The van der Waals surface area contributed by atoms with Gasteiger partial charge in [0.2, 0.25) is 0 Å². The summed E-state index contributed by atoms with van der Waals surface area (Å²) in [4.78, 5) is 22.5. The van der Waals surface area contributed by atoms with Gasteiger partial charge in [0.25, 0.3) is 0 Å². The Hall–Kier alpha value is -1.80. The van der Waals surface area contributed by atoms with Gasteiger partial charge in [-0.1, -0.05) is 6.07 Å². The Labute approximate surface area is 121 Å². The average molecular weight is 327 g/mol. The maximum Gasteiger partial charge on any atom is 0.573 e. The lowest BCUT2D eigenvalue weighted by Gasteiger charge is -2.14. The summed E-state index contributed by atoms with van der Waals surface area (Å²) in [6.45, 7) is 0. The Morgan fingerprint density at radius 2 is 1.95 bits per heavy atom. The first-order valence-electron chi connectivity index (χ1n) is 5.55. The Bertz CT molecular complexity index is 544. The molecule has 0 aliphatic heterocycles. The lowest BCUT2D eigenvalue weighted by atomic mass is 9.97. The van der Waals surface area contributed by atoms with Crippen molar-refractivity contribution in [1.82, 2.24) is 0 Å². The van der Waals surface area contributed by atoms with Crippen LogP contribution in [0.5, 0.6) is 5.75 Å². The molecule has 0 amide bonds. The average Bonchev–Trinajstić information content (AvgIpc) is 2.36. The number of aliphatic carboxylic acids is 1. The maximum absolute atomic E-state index is 12.1. The topological polar surface area (TPSA) is 83.8 Å². The van der Waals surface area contributed by atoms with Crippen molar-refractivity contribution in [2.75, 3.05) is 5.88 Å². The fraction of sp³-hybridized carbons (Fsp3) is 0.333. The van der Waals surface area contributed by atoms with Crippen molar-refractivity contribution >= 4 is 23.4 Å². The van der Waals surface area contributed by atoms with E-state index in [2.05, 4.69) is 4.74 Å². The first kappa shape index (κ1) is 17.3. The Morgan fingerprint density at radius 3 is 2.43 bits per heavy atom. The molecule has 116 valence electrons. The summed E-state index contributed by atoms with van der Waals surface area (Å²) in [5, 5.41) is 18.2. The van der Waals surface area contributed by atoms with Crippen LogP contribution in [-0.2, 0) is 4.79 Å². The second-order valence-electron chi connectivity index (χ2n) is 3.90. The third-order valence-electron chi connectivity index (χ3n) is 2.41. The van der Waals surface area contributed by atoms with E-state index in [0.29, 0.717) is 0 Å². The number of alkyl halides is 4. The number of Topliss-reactive ketones (excluding diaryl/α,β-unsaturated/α-hetero) is 1. The number of hydrogen-bond donors (Lipinski definition) is 2. The highest BCUT2D eigenvalue weighted by molar-refractivity contribution is 6.19. The van der Waals surface area contributed by atoms with Gasteiger partial charge in [-0.3, -0.25) is 4.79 Å². The predicted octanol–water partition coefficient (Wildman–Crippen LogP) is 2.51.